The van der Waals surface area contributed by atoms with Gasteiger partial charge in [-0.05, 0) is 62.7 Å². The van der Waals surface area contributed by atoms with Gasteiger partial charge in [-0.2, -0.15) is 0 Å². The van der Waals surface area contributed by atoms with Gasteiger partial charge in [0.25, 0.3) is 0 Å². The molecule has 0 radical (unpaired) electrons. The second kappa shape index (κ2) is 7.01. The lowest BCUT2D eigenvalue weighted by atomic mass is 10.0. The average molecular weight is 264 g/mol. The monoisotopic (exact) mass is 264 g/mol. The Morgan fingerprint density at radius 3 is 2.68 bits per heavy atom. The lowest BCUT2D eigenvalue weighted by molar-refractivity contribution is 0.234. The third-order valence-corrected chi connectivity index (χ3v) is 3.99. The van der Waals surface area contributed by atoms with Gasteiger partial charge in [-0.1, -0.05) is 19.4 Å². The Bertz CT molecular complexity index is 398. The smallest absolute Gasteiger partial charge is 0.123 e. The number of rotatable bonds is 5. The molecule has 0 aliphatic carbocycles. The topological polar surface area (TPSA) is 15.3 Å². The summed E-state index contributed by atoms with van der Waals surface area (Å²) in [5.41, 5.74) is 2.41. The summed E-state index contributed by atoms with van der Waals surface area (Å²) in [5.74, 6) is -0.119. The molecule has 0 aromatic heterocycles. The van der Waals surface area contributed by atoms with Crippen molar-refractivity contribution in [2.45, 2.75) is 45.2 Å². The third-order valence-electron chi connectivity index (χ3n) is 3.99. The van der Waals surface area contributed by atoms with Gasteiger partial charge in [0, 0.05) is 12.6 Å². The summed E-state index contributed by atoms with van der Waals surface area (Å²) >= 11 is 0. The van der Waals surface area contributed by atoms with Gasteiger partial charge in [0.05, 0.1) is 0 Å². The molecule has 1 saturated heterocycles. The molecule has 1 aliphatic rings. The summed E-state index contributed by atoms with van der Waals surface area (Å²) in [5, 5.41) is 3.63. The first-order valence-corrected chi connectivity index (χ1v) is 7.38. The largest absolute Gasteiger partial charge is 0.310 e. The summed E-state index contributed by atoms with van der Waals surface area (Å²) in [7, 11) is 2.18. The van der Waals surface area contributed by atoms with E-state index in [9.17, 15) is 4.39 Å². The van der Waals surface area contributed by atoms with Crippen LogP contribution in [-0.4, -0.2) is 31.1 Å². The zero-order chi connectivity index (χ0) is 13.7. The fourth-order valence-electron chi connectivity index (χ4n) is 2.74. The molecule has 1 heterocycles. The molecule has 0 unspecified atom stereocenters. The highest BCUT2D eigenvalue weighted by Crippen LogP contribution is 2.15. The Kier molecular flexibility index (Phi) is 5.34. The number of hydrogen-bond acceptors (Lipinski definition) is 2. The van der Waals surface area contributed by atoms with Gasteiger partial charge in [-0.3, -0.25) is 0 Å². The number of likely N-dealkylation sites (tertiary alicyclic amines) is 1. The molecule has 106 valence electrons. The number of nitrogens with zero attached hydrogens (tertiary/aromatic N) is 1. The van der Waals surface area contributed by atoms with Crippen LogP contribution >= 0.6 is 0 Å². The van der Waals surface area contributed by atoms with Crippen LogP contribution in [0.25, 0.3) is 0 Å². The van der Waals surface area contributed by atoms with Crippen LogP contribution < -0.4 is 5.32 Å². The van der Waals surface area contributed by atoms with E-state index in [1.54, 1.807) is 12.1 Å². The van der Waals surface area contributed by atoms with Crippen LogP contribution in [0.15, 0.2) is 18.2 Å². The predicted octanol–water partition coefficient (Wildman–Crippen LogP) is 2.96. The number of piperidine rings is 1. The van der Waals surface area contributed by atoms with E-state index in [0.717, 1.165) is 24.9 Å². The molecule has 0 bridgehead atoms. The highest BCUT2D eigenvalue weighted by atomic mass is 19.1. The van der Waals surface area contributed by atoms with Crippen LogP contribution in [0.1, 0.15) is 37.3 Å². The highest BCUT2D eigenvalue weighted by molar-refractivity contribution is 5.28. The highest BCUT2D eigenvalue weighted by Gasteiger charge is 2.16. The fraction of sp³-hybridized carbons (Fsp3) is 0.625. The fourth-order valence-corrected chi connectivity index (χ4v) is 2.74. The Balaban J connectivity index is 1.91. The van der Waals surface area contributed by atoms with E-state index in [2.05, 4.69) is 24.2 Å². The summed E-state index contributed by atoms with van der Waals surface area (Å²) in [6.45, 7) is 5.34. The number of aryl methyl sites for hydroxylation is 1. The van der Waals surface area contributed by atoms with Gasteiger partial charge in [0.15, 0.2) is 0 Å². The standard InChI is InChI=1S/C16H25FN2/c1-3-4-13-11-15(17)6-5-14(13)12-18-16-7-9-19(2)10-8-16/h5-6,11,16,18H,3-4,7-10,12H2,1-2H3. The van der Waals surface area contributed by atoms with E-state index in [1.165, 1.54) is 31.5 Å². The third kappa shape index (κ3) is 4.29. The number of hydrogen-bond donors (Lipinski definition) is 1. The van der Waals surface area contributed by atoms with E-state index >= 15 is 0 Å². The molecular formula is C16H25FN2. The minimum Gasteiger partial charge on any atom is -0.310 e. The summed E-state index contributed by atoms with van der Waals surface area (Å²) in [6, 6.07) is 5.80. The SMILES string of the molecule is CCCc1cc(F)ccc1CNC1CCN(C)CC1. The average Bonchev–Trinajstić information content (AvgIpc) is 2.40. The van der Waals surface area contributed by atoms with Crippen molar-refractivity contribution in [3.05, 3.63) is 35.1 Å². The van der Waals surface area contributed by atoms with Crippen LogP contribution in [-0.2, 0) is 13.0 Å². The number of halogens is 1. The zero-order valence-corrected chi connectivity index (χ0v) is 12.1. The second-order valence-corrected chi connectivity index (χ2v) is 5.62. The summed E-state index contributed by atoms with van der Waals surface area (Å²) in [6.07, 6.45) is 4.44. The lowest BCUT2D eigenvalue weighted by Gasteiger charge is -2.29. The molecule has 19 heavy (non-hydrogen) atoms. The predicted molar refractivity (Wildman–Crippen MR) is 77.8 cm³/mol. The van der Waals surface area contributed by atoms with Crippen molar-refractivity contribution in [2.24, 2.45) is 0 Å². The molecule has 0 amide bonds. The minimum absolute atomic E-state index is 0.119. The van der Waals surface area contributed by atoms with Crippen LogP contribution in [0.5, 0.6) is 0 Å². The van der Waals surface area contributed by atoms with Crippen molar-refractivity contribution in [1.29, 1.82) is 0 Å². The molecule has 1 aliphatic heterocycles. The molecule has 3 heteroatoms. The van der Waals surface area contributed by atoms with Crippen LogP contribution in [0.4, 0.5) is 4.39 Å². The van der Waals surface area contributed by atoms with E-state index in [-0.39, 0.29) is 5.82 Å². The Hall–Kier alpha value is -0.930. The Morgan fingerprint density at radius 2 is 2.00 bits per heavy atom. The van der Waals surface area contributed by atoms with E-state index in [1.807, 2.05) is 6.07 Å². The molecule has 2 rings (SSSR count). The van der Waals surface area contributed by atoms with Crippen LogP contribution in [0.3, 0.4) is 0 Å². The molecule has 0 saturated carbocycles. The molecule has 2 nitrogen and oxygen atoms in total. The van der Waals surface area contributed by atoms with Crippen molar-refractivity contribution in [3.63, 3.8) is 0 Å². The van der Waals surface area contributed by atoms with Crippen molar-refractivity contribution < 1.29 is 4.39 Å². The van der Waals surface area contributed by atoms with Crippen LogP contribution in [0.2, 0.25) is 0 Å². The number of benzene rings is 1. The zero-order valence-electron chi connectivity index (χ0n) is 12.1. The van der Waals surface area contributed by atoms with E-state index in [0.29, 0.717) is 6.04 Å². The summed E-state index contributed by atoms with van der Waals surface area (Å²) < 4.78 is 13.3. The molecule has 0 atom stereocenters. The second-order valence-electron chi connectivity index (χ2n) is 5.62. The maximum absolute atomic E-state index is 13.3. The maximum Gasteiger partial charge on any atom is 0.123 e. The molecule has 0 spiro atoms. The maximum atomic E-state index is 13.3. The van der Waals surface area contributed by atoms with Gasteiger partial charge in [-0.25, -0.2) is 4.39 Å². The first-order chi connectivity index (χ1) is 9.19. The van der Waals surface area contributed by atoms with Crippen molar-refractivity contribution >= 4 is 0 Å². The quantitative estimate of drug-likeness (QED) is 0.879. The molecule has 1 aromatic carbocycles. The minimum atomic E-state index is -0.119. The first-order valence-electron chi connectivity index (χ1n) is 7.38. The van der Waals surface area contributed by atoms with Gasteiger partial charge < -0.3 is 10.2 Å². The van der Waals surface area contributed by atoms with Gasteiger partial charge >= 0.3 is 0 Å². The van der Waals surface area contributed by atoms with Crippen LogP contribution in [0, 0.1) is 5.82 Å². The molecule has 1 N–H and O–H groups in total. The van der Waals surface area contributed by atoms with E-state index in [4.69, 9.17) is 0 Å². The summed E-state index contributed by atoms with van der Waals surface area (Å²) in [4.78, 5) is 2.37. The molecule has 1 fully saturated rings. The Morgan fingerprint density at radius 1 is 1.26 bits per heavy atom. The van der Waals surface area contributed by atoms with Gasteiger partial charge in [0.1, 0.15) is 5.82 Å². The number of nitrogens with one attached hydrogen (secondary N) is 1. The lowest BCUT2D eigenvalue weighted by Crippen LogP contribution is -2.40. The van der Waals surface area contributed by atoms with E-state index < -0.39 is 0 Å². The van der Waals surface area contributed by atoms with Crippen molar-refractivity contribution in [2.75, 3.05) is 20.1 Å². The Labute approximate surface area is 116 Å². The van der Waals surface area contributed by atoms with Gasteiger partial charge in [-0.15, -0.1) is 0 Å². The normalized spacial score (nSPS) is 17.8. The van der Waals surface area contributed by atoms with Gasteiger partial charge in [0.2, 0.25) is 0 Å². The molecular weight excluding hydrogens is 239 g/mol. The van der Waals surface area contributed by atoms with Crippen molar-refractivity contribution in [3.8, 4) is 0 Å². The molecule has 1 aromatic rings. The first kappa shape index (κ1) is 14.5. The van der Waals surface area contributed by atoms with Crippen molar-refractivity contribution in [1.82, 2.24) is 10.2 Å².